The fourth-order valence-corrected chi connectivity index (χ4v) is 2.21. The van der Waals surface area contributed by atoms with Crippen LogP contribution >= 0.6 is 0 Å². The Bertz CT molecular complexity index is 478. The van der Waals surface area contributed by atoms with Gasteiger partial charge in [0.15, 0.2) is 0 Å². The van der Waals surface area contributed by atoms with E-state index < -0.39 is 0 Å². The molecular weight excluding hydrogens is 230 g/mol. The summed E-state index contributed by atoms with van der Waals surface area (Å²) in [5.74, 6) is 0.435. The smallest absolute Gasteiger partial charge is 0.258 e. The number of carbonyl (C=O) groups is 1. The van der Waals surface area contributed by atoms with E-state index in [9.17, 15) is 15.0 Å². The fraction of sp³-hybridized carbons (Fsp3) is 0.500. The topological polar surface area (TPSA) is 60.8 Å². The van der Waals surface area contributed by atoms with Crippen LogP contribution < -0.4 is 0 Å². The number of phenolic OH excluding ortho intramolecular Hbond substituents is 2. The molecule has 2 saturated carbocycles. The van der Waals surface area contributed by atoms with E-state index in [1.165, 1.54) is 31.0 Å². The van der Waals surface area contributed by atoms with Crippen LogP contribution in [0.1, 0.15) is 36.0 Å². The minimum absolute atomic E-state index is 0.0123. The molecule has 1 amide bonds. The van der Waals surface area contributed by atoms with Crippen molar-refractivity contribution in [2.45, 2.75) is 31.7 Å². The van der Waals surface area contributed by atoms with Crippen LogP contribution in [0.15, 0.2) is 18.2 Å². The van der Waals surface area contributed by atoms with Crippen LogP contribution in [0.25, 0.3) is 0 Å². The van der Waals surface area contributed by atoms with Crippen molar-refractivity contribution in [3.05, 3.63) is 23.8 Å². The van der Waals surface area contributed by atoms with Crippen LogP contribution in [-0.4, -0.2) is 33.6 Å². The van der Waals surface area contributed by atoms with E-state index in [4.69, 9.17) is 0 Å². The molecule has 0 unspecified atom stereocenters. The molecule has 0 bridgehead atoms. The van der Waals surface area contributed by atoms with E-state index in [1.807, 2.05) is 4.90 Å². The molecule has 1 aromatic rings. The van der Waals surface area contributed by atoms with Crippen molar-refractivity contribution < 1.29 is 15.0 Å². The van der Waals surface area contributed by atoms with E-state index in [0.717, 1.165) is 19.4 Å². The summed E-state index contributed by atoms with van der Waals surface area (Å²) < 4.78 is 0. The van der Waals surface area contributed by atoms with Crippen LogP contribution in [0.4, 0.5) is 0 Å². The highest BCUT2D eigenvalue weighted by molar-refractivity contribution is 5.97. The van der Waals surface area contributed by atoms with Crippen molar-refractivity contribution in [1.29, 1.82) is 0 Å². The molecule has 4 nitrogen and oxygen atoms in total. The first-order chi connectivity index (χ1) is 8.65. The Morgan fingerprint density at radius 3 is 2.56 bits per heavy atom. The molecule has 0 aromatic heterocycles. The highest BCUT2D eigenvalue weighted by Crippen LogP contribution is 2.36. The van der Waals surface area contributed by atoms with E-state index in [0.29, 0.717) is 12.0 Å². The summed E-state index contributed by atoms with van der Waals surface area (Å²) in [5.41, 5.74) is 0.211. The number of benzene rings is 1. The van der Waals surface area contributed by atoms with Gasteiger partial charge in [0.1, 0.15) is 11.5 Å². The summed E-state index contributed by atoms with van der Waals surface area (Å²) in [5, 5.41) is 19.2. The van der Waals surface area contributed by atoms with Gasteiger partial charge in [-0.2, -0.15) is 0 Å². The summed E-state index contributed by atoms with van der Waals surface area (Å²) >= 11 is 0. The molecule has 2 aliphatic rings. The zero-order valence-corrected chi connectivity index (χ0v) is 10.2. The first-order valence-electron chi connectivity index (χ1n) is 6.48. The van der Waals surface area contributed by atoms with Crippen molar-refractivity contribution in [2.24, 2.45) is 5.92 Å². The lowest BCUT2D eigenvalue weighted by molar-refractivity contribution is 0.0731. The maximum Gasteiger partial charge on any atom is 0.258 e. The molecule has 0 heterocycles. The summed E-state index contributed by atoms with van der Waals surface area (Å²) in [7, 11) is 0. The molecule has 0 spiro atoms. The van der Waals surface area contributed by atoms with Crippen molar-refractivity contribution in [3.63, 3.8) is 0 Å². The van der Waals surface area contributed by atoms with Crippen LogP contribution in [-0.2, 0) is 0 Å². The lowest BCUT2D eigenvalue weighted by Gasteiger charge is -2.22. The first-order valence-corrected chi connectivity index (χ1v) is 6.48. The van der Waals surface area contributed by atoms with Crippen LogP contribution in [0, 0.1) is 5.92 Å². The van der Waals surface area contributed by atoms with E-state index in [1.54, 1.807) is 0 Å². The van der Waals surface area contributed by atoms with Gasteiger partial charge in [0.25, 0.3) is 5.91 Å². The summed E-state index contributed by atoms with van der Waals surface area (Å²) in [6.45, 7) is 0.790. The van der Waals surface area contributed by atoms with Crippen molar-refractivity contribution in [3.8, 4) is 11.5 Å². The van der Waals surface area contributed by atoms with Gasteiger partial charge >= 0.3 is 0 Å². The number of phenols is 2. The van der Waals surface area contributed by atoms with Crippen molar-refractivity contribution >= 4 is 5.91 Å². The van der Waals surface area contributed by atoms with Crippen molar-refractivity contribution in [1.82, 2.24) is 4.90 Å². The molecule has 1 aromatic carbocycles. The van der Waals surface area contributed by atoms with Gasteiger partial charge in [-0.3, -0.25) is 4.79 Å². The minimum Gasteiger partial charge on any atom is -0.508 e. The molecule has 0 atom stereocenters. The molecular formula is C14H17NO3. The number of hydrogen-bond acceptors (Lipinski definition) is 3. The quantitative estimate of drug-likeness (QED) is 0.801. The van der Waals surface area contributed by atoms with E-state index in [-0.39, 0.29) is 23.0 Å². The Hall–Kier alpha value is -1.71. The highest BCUT2D eigenvalue weighted by atomic mass is 16.3. The van der Waals surface area contributed by atoms with E-state index in [2.05, 4.69) is 0 Å². The maximum atomic E-state index is 12.4. The van der Waals surface area contributed by atoms with Crippen LogP contribution in [0.5, 0.6) is 11.5 Å². The van der Waals surface area contributed by atoms with Crippen molar-refractivity contribution in [2.75, 3.05) is 6.54 Å². The molecule has 2 aliphatic carbocycles. The van der Waals surface area contributed by atoms with Gasteiger partial charge in [0.05, 0.1) is 5.56 Å². The molecule has 2 N–H and O–H groups in total. The van der Waals surface area contributed by atoms with Crippen LogP contribution in [0.3, 0.4) is 0 Å². The number of rotatable bonds is 4. The Balaban J connectivity index is 1.83. The standard InChI is InChI=1S/C14H17NO3/c16-11-5-6-13(17)12(7-11)14(18)15(10-3-4-10)8-9-1-2-9/h5-7,9-10,16-17H,1-4,8H2. The second-order valence-electron chi connectivity index (χ2n) is 5.33. The van der Waals surface area contributed by atoms with Crippen LogP contribution in [0.2, 0.25) is 0 Å². The summed E-state index contributed by atoms with van der Waals surface area (Å²) in [6, 6.07) is 4.43. The zero-order valence-electron chi connectivity index (χ0n) is 10.2. The van der Waals surface area contributed by atoms with Gasteiger partial charge in [0, 0.05) is 12.6 Å². The number of aromatic hydroxyl groups is 2. The summed E-state index contributed by atoms with van der Waals surface area (Å²) in [4.78, 5) is 14.3. The Labute approximate surface area is 106 Å². The average Bonchev–Trinajstić information content (AvgIpc) is 3.21. The zero-order chi connectivity index (χ0) is 12.7. The first kappa shape index (κ1) is 11.4. The number of carbonyl (C=O) groups excluding carboxylic acids is 1. The maximum absolute atomic E-state index is 12.4. The van der Waals surface area contributed by atoms with Gasteiger partial charge in [-0.1, -0.05) is 0 Å². The van der Waals surface area contributed by atoms with Gasteiger partial charge in [-0.15, -0.1) is 0 Å². The molecule has 4 heteroatoms. The lowest BCUT2D eigenvalue weighted by Crippen LogP contribution is -2.34. The lowest BCUT2D eigenvalue weighted by atomic mass is 10.1. The third-order valence-electron chi connectivity index (χ3n) is 3.61. The third-order valence-corrected chi connectivity index (χ3v) is 3.61. The monoisotopic (exact) mass is 247 g/mol. The minimum atomic E-state index is -0.155. The SMILES string of the molecule is O=C(c1cc(O)ccc1O)N(CC1CC1)C1CC1. The second kappa shape index (κ2) is 4.19. The number of hydrogen-bond donors (Lipinski definition) is 2. The Kier molecular flexibility index (Phi) is 2.65. The predicted molar refractivity (Wildman–Crippen MR) is 66.6 cm³/mol. The molecule has 0 aliphatic heterocycles. The summed E-state index contributed by atoms with van der Waals surface area (Å²) in [6.07, 6.45) is 4.50. The normalized spacial score (nSPS) is 18.7. The predicted octanol–water partition coefficient (Wildman–Crippen LogP) is 2.11. The average molecular weight is 247 g/mol. The molecule has 0 radical (unpaired) electrons. The Morgan fingerprint density at radius 2 is 1.94 bits per heavy atom. The Morgan fingerprint density at radius 1 is 1.22 bits per heavy atom. The number of nitrogens with zero attached hydrogens (tertiary/aromatic N) is 1. The third kappa shape index (κ3) is 2.28. The van der Waals surface area contributed by atoms with Gasteiger partial charge in [0.2, 0.25) is 0 Å². The van der Waals surface area contributed by atoms with E-state index >= 15 is 0 Å². The molecule has 3 rings (SSSR count). The number of amides is 1. The molecule has 2 fully saturated rings. The van der Waals surface area contributed by atoms with Gasteiger partial charge in [-0.05, 0) is 49.8 Å². The second-order valence-corrected chi connectivity index (χ2v) is 5.33. The molecule has 18 heavy (non-hydrogen) atoms. The highest BCUT2D eigenvalue weighted by Gasteiger charge is 2.37. The largest absolute Gasteiger partial charge is 0.508 e. The molecule has 96 valence electrons. The van der Waals surface area contributed by atoms with Gasteiger partial charge < -0.3 is 15.1 Å². The molecule has 0 saturated heterocycles. The fourth-order valence-electron chi connectivity index (χ4n) is 2.21. The van der Waals surface area contributed by atoms with Gasteiger partial charge in [-0.25, -0.2) is 0 Å².